The van der Waals surface area contributed by atoms with Gasteiger partial charge in [0.25, 0.3) is 0 Å². The normalized spacial score (nSPS) is 46.6. The maximum absolute atomic E-state index is 17.0. The first-order valence-corrected chi connectivity index (χ1v) is 11.6. The summed E-state index contributed by atoms with van der Waals surface area (Å²) in [6.45, 7) is 3.43. The Hall–Kier alpha value is -1.18. The highest BCUT2D eigenvalue weighted by molar-refractivity contribution is 6.53. The van der Waals surface area contributed by atoms with Gasteiger partial charge in [-0.05, 0) is 50.5 Å². The van der Waals surface area contributed by atoms with Crippen LogP contribution in [-0.2, 0) is 19.1 Å². The first-order chi connectivity index (χ1) is 14.3. The van der Waals surface area contributed by atoms with Crippen LogP contribution >= 0.6 is 23.2 Å². The number of hydrogen-bond donors (Lipinski definition) is 2. The highest BCUT2D eigenvalue weighted by atomic mass is 35.5. The quantitative estimate of drug-likeness (QED) is 0.475. The number of carboxylic acids is 1. The van der Waals surface area contributed by atoms with Crippen LogP contribution in [0.1, 0.15) is 58.8 Å². The van der Waals surface area contributed by atoms with E-state index in [0.717, 1.165) is 5.57 Å². The first kappa shape index (κ1) is 23.0. The third-order valence-electron chi connectivity index (χ3n) is 8.96. The molecule has 0 bridgehead atoms. The fourth-order valence-corrected chi connectivity index (χ4v) is 7.43. The zero-order valence-electron chi connectivity index (χ0n) is 17.5. The van der Waals surface area contributed by atoms with Gasteiger partial charge in [-0.15, -0.1) is 0 Å². The predicted octanol–water partition coefficient (Wildman–Crippen LogP) is 3.75. The molecule has 0 spiro atoms. The Balaban J connectivity index is 1.79. The number of aliphatic hydroxyl groups is 1. The van der Waals surface area contributed by atoms with Crippen LogP contribution in [0.25, 0.3) is 0 Å². The summed E-state index contributed by atoms with van der Waals surface area (Å²) in [7, 11) is 0. The number of rotatable bonds is 3. The fraction of sp³-hybridized carbons (Fsp3) is 0.773. The molecule has 4 rings (SSSR count). The summed E-state index contributed by atoms with van der Waals surface area (Å²) in [5.74, 6) is -3.49. The van der Waals surface area contributed by atoms with E-state index in [-0.39, 0.29) is 25.0 Å². The van der Waals surface area contributed by atoms with Crippen molar-refractivity contribution in [2.75, 3.05) is 0 Å². The number of halogens is 3. The Morgan fingerprint density at radius 1 is 1.19 bits per heavy atom. The van der Waals surface area contributed by atoms with Crippen molar-refractivity contribution in [3.05, 3.63) is 11.6 Å². The lowest BCUT2D eigenvalue weighted by molar-refractivity contribution is -0.237. The Bertz CT molecular complexity index is 876. The highest BCUT2D eigenvalue weighted by Gasteiger charge is 2.76. The molecule has 3 saturated carbocycles. The van der Waals surface area contributed by atoms with E-state index >= 15 is 4.39 Å². The van der Waals surface area contributed by atoms with Crippen molar-refractivity contribution in [1.82, 2.24) is 0 Å². The number of fused-ring (bicyclic) bond motifs is 5. The van der Waals surface area contributed by atoms with E-state index in [1.54, 1.807) is 13.8 Å². The van der Waals surface area contributed by atoms with Crippen LogP contribution in [0.2, 0.25) is 0 Å². The molecule has 0 aromatic carbocycles. The van der Waals surface area contributed by atoms with Gasteiger partial charge in [0.05, 0.1) is 6.10 Å². The Labute approximate surface area is 190 Å². The van der Waals surface area contributed by atoms with Crippen molar-refractivity contribution in [3.63, 3.8) is 0 Å². The molecule has 3 fully saturated rings. The van der Waals surface area contributed by atoms with Gasteiger partial charge in [-0.2, -0.15) is 0 Å². The van der Waals surface area contributed by atoms with E-state index < -0.39 is 56.8 Å². The minimum Gasteiger partial charge on any atom is -0.478 e. The van der Waals surface area contributed by atoms with Crippen molar-refractivity contribution in [1.29, 1.82) is 0 Å². The maximum atomic E-state index is 17.0. The number of alkyl halides is 3. The number of esters is 1. The topological polar surface area (TPSA) is 101 Å². The number of carbonyl (C=O) groups excluding carboxylic acids is 2. The molecule has 4 aliphatic carbocycles. The highest BCUT2D eigenvalue weighted by Crippen LogP contribution is 2.70. The molecular formula is C22H27Cl2FO6. The Morgan fingerprint density at radius 3 is 2.48 bits per heavy atom. The summed E-state index contributed by atoms with van der Waals surface area (Å²) >= 11 is 11.2. The summed E-state index contributed by atoms with van der Waals surface area (Å²) in [5, 5.41) is 21.4. The van der Waals surface area contributed by atoms with E-state index in [2.05, 4.69) is 0 Å². The van der Waals surface area contributed by atoms with Gasteiger partial charge in [0.15, 0.2) is 5.78 Å². The molecule has 0 aromatic heterocycles. The molecule has 31 heavy (non-hydrogen) atoms. The van der Waals surface area contributed by atoms with Gasteiger partial charge < -0.3 is 14.9 Å². The van der Waals surface area contributed by atoms with Crippen LogP contribution in [0.3, 0.4) is 0 Å². The van der Waals surface area contributed by atoms with Gasteiger partial charge in [-0.25, -0.2) is 14.0 Å². The zero-order valence-corrected chi connectivity index (χ0v) is 19.0. The molecular weight excluding hydrogens is 450 g/mol. The van der Waals surface area contributed by atoms with E-state index in [9.17, 15) is 24.6 Å². The standard InChI is InChI=1S/C22H27Cl2FO6/c1-19-7-5-12(26)9-11(19)3-4-14-13-6-8-21(18(29)30,31-17(28)16(23)24)20(13,2)10-15(27)22(14,19)25/h9,13-16,27H,3-8,10H2,1-2H3,(H,29,30)/t13-,14-,15-,19-,20-,21-,22-/m0/s1. The van der Waals surface area contributed by atoms with Crippen LogP contribution in [0.4, 0.5) is 4.39 Å². The lowest BCUT2D eigenvalue weighted by atomic mass is 9.44. The summed E-state index contributed by atoms with van der Waals surface area (Å²) in [6, 6.07) is 0. The van der Waals surface area contributed by atoms with Gasteiger partial charge in [0.1, 0.15) is 5.67 Å². The van der Waals surface area contributed by atoms with Gasteiger partial charge in [0, 0.05) is 23.2 Å². The number of aliphatic carboxylic acids is 1. The molecule has 0 saturated heterocycles. The Morgan fingerprint density at radius 2 is 1.87 bits per heavy atom. The molecule has 0 amide bonds. The van der Waals surface area contributed by atoms with Crippen LogP contribution in [0, 0.1) is 22.7 Å². The summed E-state index contributed by atoms with van der Waals surface area (Å²) in [6.07, 6.45) is 1.63. The number of ketones is 1. The van der Waals surface area contributed by atoms with Crippen molar-refractivity contribution in [2.24, 2.45) is 22.7 Å². The second-order valence-corrected chi connectivity index (χ2v) is 11.1. The van der Waals surface area contributed by atoms with E-state index in [4.69, 9.17) is 27.9 Å². The average Bonchev–Trinajstić information content (AvgIpc) is 2.96. The smallest absolute Gasteiger partial charge is 0.348 e. The minimum atomic E-state index is -2.00. The van der Waals surface area contributed by atoms with Crippen molar-refractivity contribution in [3.8, 4) is 0 Å². The average molecular weight is 477 g/mol. The van der Waals surface area contributed by atoms with Gasteiger partial charge >= 0.3 is 11.9 Å². The third-order valence-corrected chi connectivity index (χ3v) is 9.32. The summed E-state index contributed by atoms with van der Waals surface area (Å²) in [4.78, 5) is 35.0. The van der Waals surface area contributed by atoms with Crippen molar-refractivity contribution < 1.29 is 33.7 Å². The number of aliphatic hydroxyl groups excluding tert-OH is 1. The van der Waals surface area contributed by atoms with Crippen LogP contribution < -0.4 is 0 Å². The van der Waals surface area contributed by atoms with E-state index in [1.807, 2.05) is 0 Å². The molecule has 0 aliphatic heterocycles. The monoisotopic (exact) mass is 476 g/mol. The summed E-state index contributed by atoms with van der Waals surface area (Å²) in [5.41, 5.74) is -5.40. The van der Waals surface area contributed by atoms with Gasteiger partial charge in [-0.3, -0.25) is 4.79 Å². The fourth-order valence-electron chi connectivity index (χ4n) is 7.34. The van der Waals surface area contributed by atoms with E-state index in [1.165, 1.54) is 6.08 Å². The van der Waals surface area contributed by atoms with Crippen LogP contribution in [0.5, 0.6) is 0 Å². The van der Waals surface area contributed by atoms with Crippen molar-refractivity contribution in [2.45, 2.75) is 81.0 Å². The largest absolute Gasteiger partial charge is 0.478 e. The minimum absolute atomic E-state index is 0.00701. The second-order valence-electron chi connectivity index (χ2n) is 10.0. The SMILES string of the molecule is C[C@]12CCC(=O)C=C1CC[C@H]1[C@@H]3CC[C@](OC(=O)C(Cl)Cl)(C(=O)O)[C@@]3(C)C[C@H](O)[C@@]12F. The van der Waals surface area contributed by atoms with Gasteiger partial charge in [0.2, 0.25) is 10.4 Å². The number of carboxylic acid groups (broad SMARTS) is 1. The predicted molar refractivity (Wildman–Crippen MR) is 110 cm³/mol. The molecule has 0 aromatic rings. The molecule has 0 unspecified atom stereocenters. The summed E-state index contributed by atoms with van der Waals surface area (Å²) < 4.78 is 22.4. The molecule has 0 radical (unpaired) electrons. The maximum Gasteiger partial charge on any atom is 0.348 e. The number of hydrogen-bond acceptors (Lipinski definition) is 5. The molecule has 2 N–H and O–H groups in total. The molecule has 9 heteroatoms. The second kappa shape index (κ2) is 7.16. The van der Waals surface area contributed by atoms with Crippen molar-refractivity contribution >= 4 is 40.9 Å². The molecule has 7 atom stereocenters. The van der Waals surface area contributed by atoms with Crippen LogP contribution in [0.15, 0.2) is 11.6 Å². The first-order valence-electron chi connectivity index (χ1n) is 10.7. The number of ether oxygens (including phenoxy) is 1. The molecule has 6 nitrogen and oxygen atoms in total. The van der Waals surface area contributed by atoms with Crippen LogP contribution in [-0.4, -0.2) is 50.1 Å². The zero-order chi connectivity index (χ0) is 23.0. The molecule has 0 heterocycles. The van der Waals surface area contributed by atoms with E-state index in [0.29, 0.717) is 25.7 Å². The third kappa shape index (κ3) is 2.81. The molecule has 172 valence electrons. The lowest BCUT2D eigenvalue weighted by Crippen LogP contribution is -2.70. The lowest BCUT2D eigenvalue weighted by Gasteiger charge is -2.63. The molecule has 4 aliphatic rings. The Kier molecular flexibility index (Phi) is 5.31. The number of carbonyl (C=O) groups is 3. The van der Waals surface area contributed by atoms with Gasteiger partial charge in [-0.1, -0.05) is 42.6 Å². The number of allylic oxidation sites excluding steroid dienone is 1.